The molecule has 11 nitrogen and oxygen atoms in total. The molecule has 2 aromatic carbocycles. The summed E-state index contributed by atoms with van der Waals surface area (Å²) >= 11 is 0. The largest absolute Gasteiger partial charge is 0.481 e. The van der Waals surface area contributed by atoms with Crippen molar-refractivity contribution in [1.82, 2.24) is 20.4 Å². The molecule has 51 heavy (non-hydrogen) atoms. The first-order valence-electron chi connectivity index (χ1n) is 18.9. The highest BCUT2D eigenvalue weighted by atomic mass is 16.5. The molecule has 4 atom stereocenters. The fourth-order valence-electron chi connectivity index (χ4n) is 7.08. The standard InChI is InChI=1S/C19H27N3O3.C19H26N2O3.C2H6/c1-12(2)22-10-9-15(17(23)11-22)13-3-5-14(6-4-13)20-16-7-8-18(24)21-19(16)25;1-21-12-10-15(11-13-21)3-2-14-4-6-16(7-5-14)24-17-8-9-18(22)20-19(17)23;1-2/h3-6,12,15-17,20,23H,7-11H2,1-2H3,(H,21,24,25);4-7,15,17H,2-3,8-13H2,1H3,(H,20,22,23);1-2H3/t15-,16?,17-;;/m0../s1. The van der Waals surface area contributed by atoms with Gasteiger partial charge in [-0.15, -0.1) is 0 Å². The number of carbonyl (C=O) groups excluding carboxylic acids is 4. The summed E-state index contributed by atoms with van der Waals surface area (Å²) < 4.78 is 5.71. The second kappa shape index (κ2) is 19.7. The van der Waals surface area contributed by atoms with Crippen molar-refractivity contribution < 1.29 is 29.0 Å². The van der Waals surface area contributed by atoms with Gasteiger partial charge in [-0.3, -0.25) is 34.7 Å². The van der Waals surface area contributed by atoms with Crippen LogP contribution in [0.3, 0.4) is 0 Å². The summed E-state index contributed by atoms with van der Waals surface area (Å²) in [6, 6.07) is 16.0. The first kappa shape index (κ1) is 40.0. The molecule has 280 valence electrons. The number of rotatable bonds is 9. The number of amides is 4. The average Bonchev–Trinajstić information content (AvgIpc) is 3.12. The van der Waals surface area contributed by atoms with Gasteiger partial charge in [-0.25, -0.2) is 0 Å². The zero-order chi connectivity index (χ0) is 36.9. The van der Waals surface area contributed by atoms with Crippen molar-refractivity contribution >= 4 is 29.3 Å². The molecule has 11 heteroatoms. The quantitative estimate of drug-likeness (QED) is 0.275. The summed E-state index contributed by atoms with van der Waals surface area (Å²) in [6.07, 6.45) is 6.61. The Morgan fingerprint density at radius 3 is 2.04 bits per heavy atom. The summed E-state index contributed by atoms with van der Waals surface area (Å²) in [5.74, 6) is 0.645. The second-order valence-electron chi connectivity index (χ2n) is 14.3. The maximum Gasteiger partial charge on any atom is 0.267 e. The molecule has 4 aliphatic heterocycles. The van der Waals surface area contributed by atoms with Crippen LogP contribution in [0.4, 0.5) is 5.69 Å². The van der Waals surface area contributed by atoms with E-state index in [9.17, 15) is 24.3 Å². The minimum Gasteiger partial charge on any atom is -0.481 e. The molecular formula is C40H59N5O6. The van der Waals surface area contributed by atoms with Gasteiger partial charge in [-0.05, 0) is 120 Å². The highest BCUT2D eigenvalue weighted by Crippen LogP contribution is 2.30. The Balaban J connectivity index is 0.000000218. The molecule has 4 fully saturated rings. The van der Waals surface area contributed by atoms with E-state index in [0.717, 1.165) is 36.6 Å². The number of imide groups is 2. The molecule has 4 aliphatic rings. The van der Waals surface area contributed by atoms with E-state index >= 15 is 0 Å². The van der Waals surface area contributed by atoms with Gasteiger partial charge in [-0.1, -0.05) is 38.1 Å². The zero-order valence-corrected chi connectivity index (χ0v) is 31.2. The van der Waals surface area contributed by atoms with Crippen LogP contribution in [0.5, 0.6) is 5.75 Å². The number of nitrogens with zero attached hydrogens (tertiary/aromatic N) is 2. The van der Waals surface area contributed by atoms with Gasteiger partial charge in [0.2, 0.25) is 17.7 Å². The fourth-order valence-corrected chi connectivity index (χ4v) is 7.08. The van der Waals surface area contributed by atoms with Crippen molar-refractivity contribution in [1.29, 1.82) is 0 Å². The second-order valence-corrected chi connectivity index (χ2v) is 14.3. The summed E-state index contributed by atoms with van der Waals surface area (Å²) in [5.41, 5.74) is 3.29. The van der Waals surface area contributed by atoms with Crippen LogP contribution in [0.25, 0.3) is 0 Å². The van der Waals surface area contributed by atoms with E-state index in [1.54, 1.807) is 0 Å². The van der Waals surface area contributed by atoms with Gasteiger partial charge in [0.25, 0.3) is 5.91 Å². The zero-order valence-electron chi connectivity index (χ0n) is 31.2. The van der Waals surface area contributed by atoms with Gasteiger partial charge >= 0.3 is 0 Å². The lowest BCUT2D eigenvalue weighted by molar-refractivity contribution is -0.139. The normalized spacial score (nSPS) is 24.8. The number of ether oxygens (including phenoxy) is 1. The van der Waals surface area contributed by atoms with Crippen LogP contribution < -0.4 is 20.7 Å². The average molecular weight is 706 g/mol. The molecule has 0 saturated carbocycles. The van der Waals surface area contributed by atoms with Gasteiger partial charge in [0.05, 0.1) is 6.10 Å². The molecule has 2 aromatic rings. The summed E-state index contributed by atoms with van der Waals surface area (Å²) in [5, 5.41) is 18.3. The Kier molecular flexibility index (Phi) is 15.5. The van der Waals surface area contributed by atoms with Crippen molar-refractivity contribution in [2.45, 2.75) is 116 Å². The molecule has 2 unspecified atom stereocenters. The molecule has 0 spiro atoms. The summed E-state index contributed by atoms with van der Waals surface area (Å²) in [6.45, 7) is 12.4. The number of carbonyl (C=O) groups is 4. The number of aryl methyl sites for hydroxylation is 1. The van der Waals surface area contributed by atoms with Crippen molar-refractivity contribution in [3.05, 3.63) is 59.7 Å². The maximum atomic E-state index is 11.8. The number of hydrogen-bond acceptors (Lipinski definition) is 9. The Labute approximate surface area is 303 Å². The molecule has 0 radical (unpaired) electrons. The molecule has 4 heterocycles. The number of likely N-dealkylation sites (tertiary alicyclic amines) is 2. The van der Waals surface area contributed by atoms with Crippen LogP contribution in [-0.4, -0.2) is 96.1 Å². The van der Waals surface area contributed by atoms with Crippen molar-refractivity contribution in [3.63, 3.8) is 0 Å². The van der Waals surface area contributed by atoms with Crippen LogP contribution in [0.1, 0.15) is 96.1 Å². The van der Waals surface area contributed by atoms with Gasteiger partial charge in [-0.2, -0.15) is 0 Å². The molecular weight excluding hydrogens is 646 g/mol. The number of hydrogen-bond donors (Lipinski definition) is 4. The predicted molar refractivity (Wildman–Crippen MR) is 199 cm³/mol. The minimum absolute atomic E-state index is 0.152. The lowest BCUT2D eigenvalue weighted by Crippen LogP contribution is -2.47. The van der Waals surface area contributed by atoms with E-state index in [1.807, 2.05) is 50.2 Å². The molecule has 4 N–H and O–H groups in total. The molecule has 0 aromatic heterocycles. The predicted octanol–water partition coefficient (Wildman–Crippen LogP) is 4.63. The summed E-state index contributed by atoms with van der Waals surface area (Å²) in [4.78, 5) is 50.6. The SMILES string of the molecule is CC.CC(C)N1CC[C@@H](c2ccc(NC3CCC(=O)NC3=O)cc2)[C@@H](O)C1.CN1CCC(CCc2ccc(OC3CCC(=O)NC3=O)cc2)CC1. The number of aliphatic hydroxyl groups excluding tert-OH is 1. The Morgan fingerprint density at radius 2 is 1.45 bits per heavy atom. The number of β-amino-alcohol motifs (C(OH)–C–C–N with tert-alkyl or cyclic N) is 1. The van der Waals surface area contributed by atoms with Gasteiger partial charge in [0.1, 0.15) is 11.8 Å². The van der Waals surface area contributed by atoms with E-state index in [1.165, 1.54) is 37.9 Å². The third-order valence-electron chi connectivity index (χ3n) is 10.3. The van der Waals surface area contributed by atoms with Gasteiger partial charge in [0.15, 0.2) is 6.10 Å². The van der Waals surface area contributed by atoms with Crippen LogP contribution in [0.15, 0.2) is 48.5 Å². The molecule has 4 saturated heterocycles. The number of aliphatic hydroxyl groups is 1. The maximum absolute atomic E-state index is 11.8. The number of nitrogens with one attached hydrogen (secondary N) is 3. The minimum atomic E-state index is -0.562. The van der Waals surface area contributed by atoms with Crippen LogP contribution in [0, 0.1) is 5.92 Å². The van der Waals surface area contributed by atoms with Crippen LogP contribution in [-0.2, 0) is 25.6 Å². The van der Waals surface area contributed by atoms with Crippen molar-refractivity contribution in [2.24, 2.45) is 5.92 Å². The number of piperidine rings is 4. The van der Waals surface area contributed by atoms with Crippen molar-refractivity contribution in [3.8, 4) is 5.75 Å². The Morgan fingerprint density at radius 1 is 0.824 bits per heavy atom. The monoisotopic (exact) mass is 705 g/mol. The first-order valence-corrected chi connectivity index (χ1v) is 18.9. The fraction of sp³-hybridized carbons (Fsp3) is 0.600. The molecule has 0 bridgehead atoms. The van der Waals surface area contributed by atoms with Crippen LogP contribution in [0.2, 0.25) is 0 Å². The highest BCUT2D eigenvalue weighted by Gasteiger charge is 2.31. The van der Waals surface area contributed by atoms with E-state index in [2.05, 4.69) is 58.8 Å². The summed E-state index contributed by atoms with van der Waals surface area (Å²) in [7, 11) is 2.19. The first-order chi connectivity index (χ1) is 24.5. The van der Waals surface area contributed by atoms with Crippen LogP contribution >= 0.6 is 0 Å². The smallest absolute Gasteiger partial charge is 0.267 e. The van der Waals surface area contributed by atoms with E-state index in [0.29, 0.717) is 44.0 Å². The van der Waals surface area contributed by atoms with E-state index < -0.39 is 6.10 Å². The highest BCUT2D eigenvalue weighted by molar-refractivity contribution is 6.01. The lowest BCUT2D eigenvalue weighted by atomic mass is 9.86. The number of benzene rings is 2. The Bertz CT molecular complexity index is 1420. The van der Waals surface area contributed by atoms with E-state index in [-0.39, 0.29) is 41.7 Å². The van der Waals surface area contributed by atoms with Crippen molar-refractivity contribution in [2.75, 3.05) is 38.5 Å². The van der Waals surface area contributed by atoms with Gasteiger partial charge in [0, 0.05) is 43.5 Å². The Hall–Kier alpha value is -3.80. The topological polar surface area (TPSA) is 140 Å². The third-order valence-corrected chi connectivity index (χ3v) is 10.3. The molecule has 0 aliphatic carbocycles. The van der Waals surface area contributed by atoms with E-state index in [4.69, 9.17) is 4.74 Å². The number of anilines is 1. The molecule has 4 amide bonds. The lowest BCUT2D eigenvalue weighted by Gasteiger charge is -2.38. The molecule has 6 rings (SSSR count). The third kappa shape index (κ3) is 12.1. The van der Waals surface area contributed by atoms with Gasteiger partial charge < -0.3 is 20.1 Å².